The lowest BCUT2D eigenvalue weighted by Gasteiger charge is -2.25. The summed E-state index contributed by atoms with van der Waals surface area (Å²) in [7, 11) is 3.70. The van der Waals surface area contributed by atoms with Crippen molar-refractivity contribution in [1.82, 2.24) is 19.9 Å². The van der Waals surface area contributed by atoms with E-state index in [4.69, 9.17) is 14.7 Å². The second kappa shape index (κ2) is 11.5. The summed E-state index contributed by atoms with van der Waals surface area (Å²) >= 11 is 1.58. The molecule has 206 valence electrons. The average molecular weight is 563 g/mol. The minimum absolute atomic E-state index is 0.241. The van der Waals surface area contributed by atoms with Gasteiger partial charge in [-0.2, -0.15) is 0 Å². The number of anilines is 3. The van der Waals surface area contributed by atoms with Gasteiger partial charge in [0.05, 0.1) is 33.9 Å². The van der Waals surface area contributed by atoms with E-state index in [2.05, 4.69) is 45.8 Å². The topological polar surface area (TPSA) is 92.3 Å². The minimum Gasteiger partial charge on any atom is -0.496 e. The zero-order valence-electron chi connectivity index (χ0n) is 23.1. The van der Waals surface area contributed by atoms with Crippen molar-refractivity contribution in [2.45, 2.75) is 19.9 Å². The molecule has 0 fully saturated rings. The van der Waals surface area contributed by atoms with Crippen LogP contribution in [0.1, 0.15) is 26.5 Å². The van der Waals surface area contributed by atoms with Crippen molar-refractivity contribution in [1.29, 1.82) is 0 Å². The largest absolute Gasteiger partial charge is 0.496 e. The van der Waals surface area contributed by atoms with Crippen molar-refractivity contribution in [2.24, 2.45) is 0 Å². The summed E-state index contributed by atoms with van der Waals surface area (Å²) < 4.78 is 5.35. The highest BCUT2D eigenvalue weighted by molar-refractivity contribution is 7.15. The van der Waals surface area contributed by atoms with E-state index in [9.17, 15) is 4.79 Å². The van der Waals surface area contributed by atoms with Crippen molar-refractivity contribution in [3.63, 3.8) is 0 Å². The number of methoxy groups -OCH3 is 1. The molecule has 0 saturated carbocycles. The maximum absolute atomic E-state index is 13.0. The first-order chi connectivity index (χ1) is 20.0. The van der Waals surface area contributed by atoms with E-state index >= 15 is 0 Å². The molecule has 6 rings (SSSR count). The van der Waals surface area contributed by atoms with E-state index in [-0.39, 0.29) is 5.91 Å². The Balaban J connectivity index is 1.26. The number of thiazole rings is 1. The van der Waals surface area contributed by atoms with Crippen LogP contribution in [0.25, 0.3) is 21.8 Å². The summed E-state index contributed by atoms with van der Waals surface area (Å²) in [4.78, 5) is 30.4. The number of benzene rings is 3. The molecule has 0 atom stereocenters. The van der Waals surface area contributed by atoms with E-state index in [0.29, 0.717) is 22.9 Å². The molecule has 0 aliphatic carbocycles. The van der Waals surface area contributed by atoms with Crippen molar-refractivity contribution >= 4 is 34.6 Å². The van der Waals surface area contributed by atoms with Gasteiger partial charge in [0.25, 0.3) is 5.91 Å². The van der Waals surface area contributed by atoms with Crippen LogP contribution in [-0.4, -0.2) is 46.5 Å². The lowest BCUT2D eigenvalue weighted by molar-refractivity contribution is 0.102. The molecule has 2 N–H and O–H groups in total. The third-order valence-electron chi connectivity index (χ3n) is 7.03. The number of carbonyl (C=O) groups is 1. The number of ether oxygens (including phenoxy) is 1. The van der Waals surface area contributed by atoms with Crippen LogP contribution < -0.4 is 15.4 Å². The molecule has 8 nitrogen and oxygen atoms in total. The van der Waals surface area contributed by atoms with E-state index in [0.717, 1.165) is 52.0 Å². The van der Waals surface area contributed by atoms with Gasteiger partial charge >= 0.3 is 0 Å². The van der Waals surface area contributed by atoms with E-state index in [1.807, 2.05) is 49.4 Å². The van der Waals surface area contributed by atoms with Crippen molar-refractivity contribution in [3.8, 4) is 27.6 Å². The van der Waals surface area contributed by atoms with Gasteiger partial charge in [0.2, 0.25) is 5.95 Å². The molecule has 1 aliphatic rings. The lowest BCUT2D eigenvalue weighted by atomic mass is 9.99. The van der Waals surface area contributed by atoms with Gasteiger partial charge in [-0.05, 0) is 74.0 Å². The highest BCUT2D eigenvalue weighted by Crippen LogP contribution is 2.37. The second-order valence-electron chi connectivity index (χ2n) is 10.0. The van der Waals surface area contributed by atoms with Crippen LogP contribution in [0.15, 0.2) is 79.0 Å². The monoisotopic (exact) mass is 562 g/mol. The van der Waals surface area contributed by atoms with Gasteiger partial charge in [0, 0.05) is 36.2 Å². The Labute approximate surface area is 243 Å². The summed E-state index contributed by atoms with van der Waals surface area (Å²) in [6.07, 6.45) is 2.83. The lowest BCUT2D eigenvalue weighted by Crippen LogP contribution is -2.26. The number of hydrogen-bond acceptors (Lipinski definition) is 8. The Kier molecular flexibility index (Phi) is 7.45. The summed E-state index contributed by atoms with van der Waals surface area (Å²) in [6, 6.07) is 23.2. The second-order valence-corrected chi connectivity index (χ2v) is 11.2. The van der Waals surface area contributed by atoms with E-state index in [1.165, 1.54) is 11.1 Å². The van der Waals surface area contributed by atoms with Gasteiger partial charge in [-0.3, -0.25) is 4.79 Å². The van der Waals surface area contributed by atoms with Crippen LogP contribution in [0.3, 0.4) is 0 Å². The number of nitrogens with zero attached hydrogens (tertiary/aromatic N) is 4. The predicted octanol–water partition coefficient (Wildman–Crippen LogP) is 6.57. The Bertz CT molecular complexity index is 1730. The molecule has 41 heavy (non-hydrogen) atoms. The number of carbonyl (C=O) groups excluding carboxylic acids is 1. The number of likely N-dealkylation sites (N-methyl/N-ethyl adjacent to an activating group) is 1. The molecular formula is C32H30N6O2S. The Hall–Kier alpha value is -4.60. The average Bonchev–Trinajstić information content (AvgIpc) is 3.39. The maximum Gasteiger partial charge on any atom is 0.259 e. The van der Waals surface area contributed by atoms with Crippen molar-refractivity contribution < 1.29 is 9.53 Å². The molecular weight excluding hydrogens is 532 g/mol. The van der Waals surface area contributed by atoms with Gasteiger partial charge in [-0.15, -0.1) is 11.3 Å². The highest BCUT2D eigenvalue weighted by atomic mass is 32.1. The van der Waals surface area contributed by atoms with Crippen LogP contribution in [-0.2, 0) is 13.0 Å². The molecule has 9 heteroatoms. The number of aromatic nitrogens is 3. The van der Waals surface area contributed by atoms with Crippen molar-refractivity contribution in [2.75, 3.05) is 31.3 Å². The SMILES string of the molecule is COc1ccccc1C(=O)Nc1cccc(-c2nc(C)sc2-c2ccnc(Nc3ccc4c(c3)CN(C)CC4)n2)c1. The summed E-state index contributed by atoms with van der Waals surface area (Å²) in [6.45, 7) is 4.00. The molecule has 5 aromatic rings. The van der Waals surface area contributed by atoms with Gasteiger partial charge in [0.1, 0.15) is 5.75 Å². The van der Waals surface area contributed by atoms with Crippen LogP contribution >= 0.6 is 11.3 Å². The van der Waals surface area contributed by atoms with Crippen LogP contribution in [0.5, 0.6) is 5.75 Å². The fourth-order valence-corrected chi connectivity index (χ4v) is 5.93. The first-order valence-electron chi connectivity index (χ1n) is 13.4. The molecule has 3 aromatic carbocycles. The molecule has 0 radical (unpaired) electrons. The fraction of sp³-hybridized carbons (Fsp3) is 0.188. The first-order valence-corrected chi connectivity index (χ1v) is 14.2. The Morgan fingerprint density at radius 3 is 2.73 bits per heavy atom. The number of nitrogens with one attached hydrogen (secondary N) is 2. The molecule has 0 unspecified atom stereocenters. The molecule has 0 bridgehead atoms. The molecule has 0 saturated heterocycles. The third kappa shape index (κ3) is 5.82. The normalized spacial score (nSPS) is 13.0. The van der Waals surface area contributed by atoms with E-state index < -0.39 is 0 Å². The molecule has 1 amide bonds. The van der Waals surface area contributed by atoms with E-state index in [1.54, 1.807) is 36.8 Å². The molecule has 1 aliphatic heterocycles. The van der Waals surface area contributed by atoms with Gasteiger partial charge in [-0.25, -0.2) is 15.0 Å². The number of amides is 1. The van der Waals surface area contributed by atoms with Crippen LogP contribution in [0, 0.1) is 6.92 Å². The zero-order chi connectivity index (χ0) is 28.3. The van der Waals surface area contributed by atoms with Gasteiger partial charge < -0.3 is 20.3 Å². The number of hydrogen-bond donors (Lipinski definition) is 2. The Morgan fingerprint density at radius 1 is 0.976 bits per heavy atom. The number of fused-ring (bicyclic) bond motifs is 1. The predicted molar refractivity (Wildman–Crippen MR) is 164 cm³/mol. The molecule has 3 heterocycles. The fourth-order valence-electron chi connectivity index (χ4n) is 5.02. The maximum atomic E-state index is 13.0. The highest BCUT2D eigenvalue weighted by Gasteiger charge is 2.18. The number of para-hydroxylation sites is 1. The quantitative estimate of drug-likeness (QED) is 0.232. The summed E-state index contributed by atoms with van der Waals surface area (Å²) in [5.41, 5.74) is 7.30. The van der Waals surface area contributed by atoms with Crippen LogP contribution in [0.2, 0.25) is 0 Å². The van der Waals surface area contributed by atoms with Crippen molar-refractivity contribution in [3.05, 3.63) is 101 Å². The molecule has 2 aromatic heterocycles. The zero-order valence-corrected chi connectivity index (χ0v) is 24.0. The van der Waals surface area contributed by atoms with Gasteiger partial charge in [-0.1, -0.05) is 30.3 Å². The first kappa shape index (κ1) is 26.6. The standard InChI is InChI=1S/C32H30N6O2S/c1-20-34-29(22-7-6-8-24(17-22)35-31(39)26-9-4-5-10-28(26)40-3)30(41-20)27-13-15-33-32(37-27)36-25-12-11-21-14-16-38(2)19-23(21)18-25/h4-13,15,17-18H,14,16,19H2,1-3H3,(H,35,39)(H,33,36,37). The molecule has 0 spiro atoms. The minimum atomic E-state index is -0.241. The number of aryl methyl sites for hydroxylation is 1. The summed E-state index contributed by atoms with van der Waals surface area (Å²) in [5.74, 6) is 0.811. The third-order valence-corrected chi connectivity index (χ3v) is 8.03. The smallest absolute Gasteiger partial charge is 0.259 e. The van der Waals surface area contributed by atoms with Crippen LogP contribution in [0.4, 0.5) is 17.3 Å². The van der Waals surface area contributed by atoms with Gasteiger partial charge in [0.15, 0.2) is 0 Å². The summed E-state index contributed by atoms with van der Waals surface area (Å²) in [5, 5.41) is 7.30. The Morgan fingerprint density at radius 2 is 1.85 bits per heavy atom. The number of rotatable bonds is 7.